The van der Waals surface area contributed by atoms with Gasteiger partial charge in [0.25, 0.3) is 0 Å². The van der Waals surface area contributed by atoms with Crippen LogP contribution in [-0.2, 0) is 15.5 Å². The highest BCUT2D eigenvalue weighted by molar-refractivity contribution is 7.74. The molecule has 0 spiro atoms. The summed E-state index contributed by atoms with van der Waals surface area (Å²) in [5.41, 5.74) is 4.97. The van der Waals surface area contributed by atoms with E-state index in [1.54, 1.807) is 0 Å². The number of alkyl halides is 1. The van der Waals surface area contributed by atoms with Gasteiger partial charge in [-0.1, -0.05) is 0 Å². The Hall–Kier alpha value is 0.320. The smallest absolute Gasteiger partial charge is 0.303 e. The second-order valence-electron chi connectivity index (χ2n) is 1.01. The zero-order valence-electron chi connectivity index (χ0n) is 3.91. The maximum absolute atomic E-state index is 9.72. The van der Waals surface area contributed by atoms with Crippen LogP contribution in [0.1, 0.15) is 0 Å². The molecule has 2 atom stereocenters. The quantitative estimate of drug-likeness (QED) is 0.336. The van der Waals surface area contributed by atoms with E-state index in [-0.39, 0.29) is 5.88 Å². The molecule has 0 aromatic rings. The van der Waals surface area contributed by atoms with Crippen molar-refractivity contribution in [2.45, 2.75) is 6.23 Å². The molecule has 0 amide bonds. The van der Waals surface area contributed by atoms with Crippen molar-refractivity contribution in [3.8, 4) is 0 Å². The van der Waals surface area contributed by atoms with Crippen molar-refractivity contribution >= 4 is 23.0 Å². The van der Waals surface area contributed by atoms with Crippen LogP contribution in [0.2, 0.25) is 0 Å². The molecule has 4 nitrogen and oxygen atoms in total. The molecule has 0 fully saturated rings. The van der Waals surface area contributed by atoms with Gasteiger partial charge in [0.05, 0.1) is 5.88 Å². The molecule has 8 heavy (non-hydrogen) atoms. The Morgan fingerprint density at radius 1 is 2.00 bits per heavy atom. The molecule has 0 aliphatic carbocycles. The zero-order valence-corrected chi connectivity index (χ0v) is 5.48. The number of rotatable bonds is 3. The van der Waals surface area contributed by atoms with Gasteiger partial charge >= 0.3 is 11.4 Å². The molecule has 3 N–H and O–H groups in total. The molecule has 0 saturated heterocycles. The van der Waals surface area contributed by atoms with Crippen molar-refractivity contribution in [3.05, 3.63) is 0 Å². The standard InChI is InChI=1S/C2H6ClNO3S/c3-1-2(4)7-8(5)6/h2H,1,4H2,(H,5,6). The highest BCUT2D eigenvalue weighted by Gasteiger charge is 2.02. The SMILES string of the molecule is NC(CCl)OS(=O)O. The van der Waals surface area contributed by atoms with Gasteiger partial charge in [-0.3, -0.25) is 4.55 Å². The van der Waals surface area contributed by atoms with Gasteiger partial charge < -0.3 is 5.73 Å². The monoisotopic (exact) mass is 159 g/mol. The topological polar surface area (TPSA) is 72.5 Å². The van der Waals surface area contributed by atoms with E-state index in [4.69, 9.17) is 21.9 Å². The third-order valence-electron chi connectivity index (χ3n) is 0.358. The molecular formula is C2H6ClNO3S. The van der Waals surface area contributed by atoms with Crippen LogP contribution in [0, 0.1) is 0 Å². The van der Waals surface area contributed by atoms with Gasteiger partial charge in [0.2, 0.25) is 0 Å². The molecule has 0 aromatic heterocycles. The molecule has 0 radical (unpaired) electrons. The van der Waals surface area contributed by atoms with E-state index < -0.39 is 17.6 Å². The fraction of sp³-hybridized carbons (Fsp3) is 1.00. The van der Waals surface area contributed by atoms with E-state index in [2.05, 4.69) is 4.18 Å². The van der Waals surface area contributed by atoms with E-state index in [0.717, 1.165) is 0 Å². The fourth-order valence-electron chi connectivity index (χ4n) is 0.131. The normalized spacial score (nSPS) is 17.9. The molecule has 0 aromatic carbocycles. The molecule has 0 rings (SSSR count). The maximum atomic E-state index is 9.72. The van der Waals surface area contributed by atoms with Gasteiger partial charge in [-0.25, -0.2) is 4.18 Å². The maximum Gasteiger partial charge on any atom is 0.303 e. The second kappa shape index (κ2) is 4.22. The molecule has 0 aliphatic rings. The Labute approximate surface area is 54.4 Å². The molecule has 6 heteroatoms. The Bertz CT molecular complexity index is 89.4. The number of halogens is 1. The molecule has 0 bridgehead atoms. The van der Waals surface area contributed by atoms with E-state index in [1.165, 1.54) is 0 Å². The largest absolute Gasteiger partial charge is 0.304 e. The summed E-state index contributed by atoms with van der Waals surface area (Å²) in [5, 5.41) is 0. The lowest BCUT2D eigenvalue weighted by Gasteiger charge is -2.01. The van der Waals surface area contributed by atoms with E-state index in [1.807, 2.05) is 0 Å². The average Bonchev–Trinajstić information content (AvgIpc) is 1.65. The van der Waals surface area contributed by atoms with Crippen LogP contribution in [0.15, 0.2) is 0 Å². The molecule has 50 valence electrons. The molecule has 0 aliphatic heterocycles. The fourth-order valence-corrected chi connectivity index (χ4v) is 0.549. The van der Waals surface area contributed by atoms with Crippen LogP contribution in [-0.4, -0.2) is 20.9 Å². The number of nitrogens with two attached hydrogens (primary N) is 1. The van der Waals surface area contributed by atoms with E-state index in [0.29, 0.717) is 0 Å². The lowest BCUT2D eigenvalue weighted by atomic mass is 10.7. The molecule has 2 unspecified atom stereocenters. The summed E-state index contributed by atoms with van der Waals surface area (Å²) in [6.45, 7) is 0. The summed E-state index contributed by atoms with van der Waals surface area (Å²) in [7, 11) is 0. The Kier molecular flexibility index (Phi) is 4.39. The lowest BCUT2D eigenvalue weighted by molar-refractivity contribution is 0.233. The first-order valence-corrected chi connectivity index (χ1v) is 3.33. The van der Waals surface area contributed by atoms with Crippen LogP contribution < -0.4 is 5.73 Å². The van der Waals surface area contributed by atoms with E-state index >= 15 is 0 Å². The van der Waals surface area contributed by atoms with Crippen molar-refractivity contribution in [1.29, 1.82) is 0 Å². The predicted molar refractivity (Wildman–Crippen MR) is 30.6 cm³/mol. The van der Waals surface area contributed by atoms with Crippen molar-refractivity contribution in [1.82, 2.24) is 0 Å². The third-order valence-corrected chi connectivity index (χ3v) is 1.07. The van der Waals surface area contributed by atoms with Crippen molar-refractivity contribution in [3.63, 3.8) is 0 Å². The number of hydrogen-bond acceptors (Lipinski definition) is 3. The van der Waals surface area contributed by atoms with Gasteiger partial charge in [-0.15, -0.1) is 11.6 Å². The lowest BCUT2D eigenvalue weighted by Crippen LogP contribution is -2.26. The minimum Gasteiger partial charge on any atom is -0.304 e. The summed E-state index contributed by atoms with van der Waals surface area (Å²) in [6.07, 6.45) is -0.859. The third kappa shape index (κ3) is 4.48. The van der Waals surface area contributed by atoms with Crippen LogP contribution >= 0.6 is 11.6 Å². The van der Waals surface area contributed by atoms with Gasteiger partial charge in [0.1, 0.15) is 6.23 Å². The predicted octanol–water partition coefficient (Wildman–Crippen LogP) is -0.337. The summed E-state index contributed by atoms with van der Waals surface area (Å²) in [4.78, 5) is 0. The number of hydrogen-bond donors (Lipinski definition) is 2. The average molecular weight is 160 g/mol. The summed E-state index contributed by atoms with van der Waals surface area (Å²) >= 11 is 2.80. The van der Waals surface area contributed by atoms with E-state index in [9.17, 15) is 4.21 Å². The molecule has 0 heterocycles. The minimum absolute atomic E-state index is 0.00625. The molecule has 0 saturated carbocycles. The first kappa shape index (κ1) is 8.32. The van der Waals surface area contributed by atoms with Crippen molar-refractivity contribution in [2.24, 2.45) is 5.73 Å². The highest BCUT2D eigenvalue weighted by atomic mass is 35.5. The summed E-state index contributed by atoms with van der Waals surface area (Å²) < 4.78 is 21.8. The van der Waals surface area contributed by atoms with Crippen LogP contribution in [0.25, 0.3) is 0 Å². The van der Waals surface area contributed by atoms with Gasteiger partial charge in [-0.05, 0) is 0 Å². The van der Waals surface area contributed by atoms with Crippen molar-refractivity contribution in [2.75, 3.05) is 5.88 Å². The highest BCUT2D eigenvalue weighted by Crippen LogP contribution is 1.87. The first-order valence-electron chi connectivity index (χ1n) is 1.76. The first-order chi connectivity index (χ1) is 3.66. The van der Waals surface area contributed by atoms with Crippen LogP contribution in [0.3, 0.4) is 0 Å². The minimum atomic E-state index is -2.30. The Balaban J connectivity index is 3.24. The van der Waals surface area contributed by atoms with Gasteiger partial charge in [-0.2, -0.15) is 4.21 Å². The summed E-state index contributed by atoms with van der Waals surface area (Å²) in [6, 6.07) is 0. The van der Waals surface area contributed by atoms with Crippen LogP contribution in [0.4, 0.5) is 0 Å². The Morgan fingerprint density at radius 2 is 2.50 bits per heavy atom. The summed E-state index contributed by atoms with van der Waals surface area (Å²) in [5.74, 6) is 0.00625. The van der Waals surface area contributed by atoms with Gasteiger partial charge in [0.15, 0.2) is 0 Å². The Morgan fingerprint density at radius 3 is 2.62 bits per heavy atom. The van der Waals surface area contributed by atoms with Crippen molar-refractivity contribution < 1.29 is 12.9 Å². The molecular weight excluding hydrogens is 154 g/mol. The van der Waals surface area contributed by atoms with Crippen LogP contribution in [0.5, 0.6) is 0 Å². The zero-order chi connectivity index (χ0) is 6.57. The second-order valence-corrected chi connectivity index (χ2v) is 1.94. The van der Waals surface area contributed by atoms with Gasteiger partial charge in [0, 0.05) is 0 Å².